The fourth-order valence-corrected chi connectivity index (χ4v) is 3.59. The molecule has 0 radical (unpaired) electrons. The third kappa shape index (κ3) is 2.39. The normalized spacial score (nSPS) is 13.4. The number of nitrogens with zero attached hydrogens (tertiary/aromatic N) is 4. The average Bonchev–Trinajstić information content (AvgIpc) is 3.18. The summed E-state index contributed by atoms with van der Waals surface area (Å²) in [5, 5.41) is 4.79. The number of imide groups is 1. The molecule has 0 spiro atoms. The number of anilines is 1. The van der Waals surface area contributed by atoms with Crippen molar-refractivity contribution in [3.63, 3.8) is 0 Å². The second-order valence-corrected chi connectivity index (χ2v) is 6.62. The maximum absolute atomic E-state index is 14.3. The van der Waals surface area contributed by atoms with Gasteiger partial charge in [-0.2, -0.15) is 5.10 Å². The van der Waals surface area contributed by atoms with E-state index in [1.54, 1.807) is 13.1 Å². The molecule has 8 heteroatoms. The van der Waals surface area contributed by atoms with Crippen LogP contribution in [-0.4, -0.2) is 26.6 Å². The van der Waals surface area contributed by atoms with Crippen LogP contribution in [0.1, 0.15) is 20.7 Å². The van der Waals surface area contributed by atoms with Gasteiger partial charge in [0.25, 0.3) is 11.8 Å². The first-order valence-electron chi connectivity index (χ1n) is 8.72. The van der Waals surface area contributed by atoms with Crippen LogP contribution in [0.5, 0.6) is 0 Å². The molecule has 29 heavy (non-hydrogen) atoms. The SMILES string of the molecule is Cn1nc(-c2ccc(F)cc2)c2c3c(cnc21)C(=O)N(c1ccccc1F)C3=O. The lowest BCUT2D eigenvalue weighted by atomic mass is 10.0. The van der Waals surface area contributed by atoms with E-state index in [9.17, 15) is 18.4 Å². The molecule has 4 aromatic rings. The van der Waals surface area contributed by atoms with Crippen LogP contribution in [0.3, 0.4) is 0 Å². The number of rotatable bonds is 2. The maximum atomic E-state index is 14.3. The first kappa shape index (κ1) is 17.2. The van der Waals surface area contributed by atoms with E-state index in [-0.39, 0.29) is 16.8 Å². The fraction of sp³-hybridized carbons (Fsp3) is 0.0476. The van der Waals surface area contributed by atoms with E-state index in [1.165, 1.54) is 53.3 Å². The van der Waals surface area contributed by atoms with Crippen LogP contribution >= 0.6 is 0 Å². The first-order valence-corrected chi connectivity index (χ1v) is 8.72. The highest BCUT2D eigenvalue weighted by molar-refractivity contribution is 6.38. The number of para-hydroxylation sites is 1. The smallest absolute Gasteiger partial charge is 0.267 e. The molecule has 0 aliphatic carbocycles. The number of hydrogen-bond donors (Lipinski definition) is 0. The third-order valence-electron chi connectivity index (χ3n) is 4.91. The molecule has 0 unspecified atom stereocenters. The van der Waals surface area contributed by atoms with Crippen molar-refractivity contribution >= 4 is 28.5 Å². The topological polar surface area (TPSA) is 68.1 Å². The van der Waals surface area contributed by atoms with E-state index in [1.807, 2.05) is 0 Å². The Morgan fingerprint density at radius 1 is 0.931 bits per heavy atom. The number of benzene rings is 2. The summed E-state index contributed by atoms with van der Waals surface area (Å²) in [6, 6.07) is 11.2. The van der Waals surface area contributed by atoms with E-state index < -0.39 is 23.4 Å². The van der Waals surface area contributed by atoms with Crippen molar-refractivity contribution in [1.29, 1.82) is 0 Å². The maximum Gasteiger partial charge on any atom is 0.267 e. The molecular formula is C21H12F2N4O2. The van der Waals surface area contributed by atoms with Gasteiger partial charge in [-0.15, -0.1) is 0 Å². The average molecular weight is 390 g/mol. The first-order chi connectivity index (χ1) is 14.0. The quantitative estimate of drug-likeness (QED) is 0.490. The van der Waals surface area contributed by atoms with Gasteiger partial charge in [-0.25, -0.2) is 23.3 Å². The van der Waals surface area contributed by atoms with Crippen LogP contribution in [0.25, 0.3) is 22.3 Å². The minimum Gasteiger partial charge on any atom is -0.268 e. The summed E-state index contributed by atoms with van der Waals surface area (Å²) in [5.41, 5.74) is 1.40. The van der Waals surface area contributed by atoms with Crippen LogP contribution < -0.4 is 4.90 Å². The molecule has 2 aromatic heterocycles. The Bertz CT molecular complexity index is 1330. The number of aryl methyl sites for hydroxylation is 1. The summed E-state index contributed by atoms with van der Waals surface area (Å²) in [5.74, 6) is -2.40. The minimum atomic E-state index is -0.684. The van der Waals surface area contributed by atoms with Gasteiger partial charge in [0.15, 0.2) is 5.65 Å². The van der Waals surface area contributed by atoms with Gasteiger partial charge in [0, 0.05) is 18.8 Å². The van der Waals surface area contributed by atoms with Gasteiger partial charge in [-0.1, -0.05) is 12.1 Å². The second-order valence-electron chi connectivity index (χ2n) is 6.62. The standard InChI is InChI=1S/C21H12F2N4O2/c1-26-19-17(18(25-26)11-6-8-12(22)9-7-11)16-13(10-24-19)20(28)27(21(16)29)15-5-3-2-4-14(15)23/h2-10H,1H3. The Labute approximate surface area is 163 Å². The lowest BCUT2D eigenvalue weighted by Gasteiger charge is -2.14. The highest BCUT2D eigenvalue weighted by atomic mass is 19.1. The lowest BCUT2D eigenvalue weighted by Crippen LogP contribution is -2.30. The Morgan fingerprint density at radius 3 is 2.38 bits per heavy atom. The number of halogens is 2. The molecule has 0 saturated carbocycles. The third-order valence-corrected chi connectivity index (χ3v) is 4.91. The van der Waals surface area contributed by atoms with Crippen molar-refractivity contribution in [2.45, 2.75) is 0 Å². The van der Waals surface area contributed by atoms with E-state index >= 15 is 0 Å². The van der Waals surface area contributed by atoms with Crippen LogP contribution in [0.15, 0.2) is 54.7 Å². The summed E-state index contributed by atoms with van der Waals surface area (Å²) < 4.78 is 29.1. The summed E-state index contributed by atoms with van der Waals surface area (Å²) in [6.45, 7) is 0. The van der Waals surface area contributed by atoms with E-state index in [0.717, 1.165) is 4.90 Å². The molecule has 0 bridgehead atoms. The highest BCUT2D eigenvalue weighted by Gasteiger charge is 2.41. The van der Waals surface area contributed by atoms with Crippen LogP contribution in [0.4, 0.5) is 14.5 Å². The molecule has 6 nitrogen and oxygen atoms in total. The Kier molecular flexibility index (Phi) is 3.57. The zero-order valence-corrected chi connectivity index (χ0v) is 15.1. The van der Waals surface area contributed by atoms with Crippen molar-refractivity contribution in [2.24, 2.45) is 7.05 Å². The summed E-state index contributed by atoms with van der Waals surface area (Å²) in [4.78, 5) is 31.3. The van der Waals surface area contributed by atoms with Crippen molar-refractivity contribution in [3.8, 4) is 11.3 Å². The summed E-state index contributed by atoms with van der Waals surface area (Å²) >= 11 is 0. The zero-order chi connectivity index (χ0) is 20.3. The number of carbonyl (C=O) groups is 2. The van der Waals surface area contributed by atoms with Gasteiger partial charge in [0.1, 0.15) is 17.3 Å². The highest BCUT2D eigenvalue weighted by Crippen LogP contribution is 2.37. The number of fused-ring (bicyclic) bond motifs is 3. The molecule has 3 heterocycles. The van der Waals surface area contributed by atoms with Crippen molar-refractivity contribution in [3.05, 3.63) is 77.5 Å². The molecule has 0 fully saturated rings. The summed E-state index contributed by atoms with van der Waals surface area (Å²) in [7, 11) is 1.66. The van der Waals surface area contributed by atoms with E-state index in [2.05, 4.69) is 10.1 Å². The van der Waals surface area contributed by atoms with Crippen molar-refractivity contribution < 1.29 is 18.4 Å². The van der Waals surface area contributed by atoms with E-state index in [4.69, 9.17) is 0 Å². The monoisotopic (exact) mass is 390 g/mol. The van der Waals surface area contributed by atoms with Gasteiger partial charge in [0.05, 0.1) is 22.2 Å². The molecule has 1 aliphatic heterocycles. The molecule has 0 saturated heterocycles. The number of amides is 2. The van der Waals surface area contributed by atoms with Crippen LogP contribution in [0.2, 0.25) is 0 Å². The zero-order valence-electron chi connectivity index (χ0n) is 15.1. The Hall–Kier alpha value is -3.94. The molecule has 1 aliphatic rings. The predicted octanol–water partition coefficient (Wildman–Crippen LogP) is 3.71. The minimum absolute atomic E-state index is 0.0714. The largest absolute Gasteiger partial charge is 0.268 e. The molecule has 0 atom stereocenters. The molecule has 5 rings (SSSR count). The van der Waals surface area contributed by atoms with Gasteiger partial charge in [0.2, 0.25) is 0 Å². The van der Waals surface area contributed by atoms with Crippen molar-refractivity contribution in [2.75, 3.05) is 4.90 Å². The van der Waals surface area contributed by atoms with Gasteiger partial charge in [-0.3, -0.25) is 9.59 Å². The van der Waals surface area contributed by atoms with Crippen LogP contribution in [0, 0.1) is 11.6 Å². The summed E-state index contributed by atoms with van der Waals surface area (Å²) in [6.07, 6.45) is 1.30. The van der Waals surface area contributed by atoms with Gasteiger partial charge >= 0.3 is 0 Å². The lowest BCUT2D eigenvalue weighted by molar-refractivity contribution is 0.0925. The molecular weight excluding hydrogens is 378 g/mol. The molecule has 0 N–H and O–H groups in total. The van der Waals surface area contributed by atoms with Crippen LogP contribution in [-0.2, 0) is 7.05 Å². The van der Waals surface area contributed by atoms with Gasteiger partial charge in [-0.05, 0) is 36.4 Å². The molecule has 142 valence electrons. The predicted molar refractivity (Wildman–Crippen MR) is 101 cm³/mol. The second kappa shape index (κ2) is 6.03. The number of carbonyl (C=O) groups excluding carboxylic acids is 2. The molecule has 2 amide bonds. The van der Waals surface area contributed by atoms with E-state index in [0.29, 0.717) is 22.3 Å². The number of hydrogen-bond acceptors (Lipinski definition) is 4. The van der Waals surface area contributed by atoms with Gasteiger partial charge < -0.3 is 0 Å². The number of pyridine rings is 1. The Balaban J connectivity index is 1.78. The van der Waals surface area contributed by atoms with Crippen molar-refractivity contribution in [1.82, 2.24) is 14.8 Å². The Morgan fingerprint density at radius 2 is 1.66 bits per heavy atom. The fourth-order valence-electron chi connectivity index (χ4n) is 3.59. The number of aromatic nitrogens is 3. The molecule has 2 aromatic carbocycles.